The Morgan fingerprint density at radius 2 is 1.98 bits per heavy atom. The predicted octanol–water partition coefficient (Wildman–Crippen LogP) is 2.91. The summed E-state index contributed by atoms with van der Waals surface area (Å²) in [7, 11) is 4.49. The van der Waals surface area contributed by atoms with Crippen LogP contribution in [0.3, 0.4) is 0 Å². The van der Waals surface area contributed by atoms with Crippen LogP contribution in [0.2, 0.25) is 5.02 Å². The number of nitrogens with one attached hydrogen (secondary N) is 2. The largest absolute Gasteiger partial charge is 0.495 e. The van der Waals surface area contributed by atoms with E-state index >= 15 is 0 Å². The van der Waals surface area contributed by atoms with E-state index in [2.05, 4.69) is 10.6 Å². The first-order valence-electron chi connectivity index (χ1n) is 16.7. The zero-order chi connectivity index (χ0) is 36.8. The molecule has 3 heterocycles. The smallest absolute Gasteiger partial charge is 0.409 e. The highest BCUT2D eigenvalue weighted by Gasteiger charge is 2.64. The Balaban J connectivity index is 1.70. The van der Waals surface area contributed by atoms with Crippen LogP contribution in [-0.4, -0.2) is 99.1 Å². The number of benzene rings is 1. The number of allylic oxidation sites excluding steroid dienone is 3. The van der Waals surface area contributed by atoms with Gasteiger partial charge in [-0.05, 0) is 50.9 Å². The number of methoxy groups -OCH3 is 2. The van der Waals surface area contributed by atoms with E-state index in [0.717, 1.165) is 11.1 Å². The number of halogens is 1. The van der Waals surface area contributed by atoms with Gasteiger partial charge in [-0.1, -0.05) is 42.3 Å². The van der Waals surface area contributed by atoms with Crippen LogP contribution in [0.1, 0.15) is 58.4 Å². The lowest BCUT2D eigenvalue weighted by Gasteiger charge is -2.42. The summed E-state index contributed by atoms with van der Waals surface area (Å²) in [6.07, 6.45) is 1.72. The van der Waals surface area contributed by atoms with Crippen LogP contribution >= 0.6 is 11.6 Å². The second kappa shape index (κ2) is 16.6. The maximum absolute atomic E-state index is 14.0. The Morgan fingerprint density at radius 1 is 1.24 bits per heavy atom. The Hall–Kier alpha value is -3.69. The minimum absolute atomic E-state index is 0.0367. The van der Waals surface area contributed by atoms with Gasteiger partial charge in [-0.25, -0.2) is 4.79 Å². The molecule has 1 aromatic rings. The van der Waals surface area contributed by atoms with Gasteiger partial charge in [0.25, 0.3) is 0 Å². The highest BCUT2D eigenvalue weighted by Crippen LogP contribution is 2.49. The molecule has 2 fully saturated rings. The van der Waals surface area contributed by atoms with Gasteiger partial charge < -0.3 is 44.7 Å². The molecule has 7 atom stereocenters. The molecule has 5 N–H and O–H groups in total. The molecule has 4 bridgehead atoms. The van der Waals surface area contributed by atoms with E-state index in [0.29, 0.717) is 30.8 Å². The molecule has 0 spiro atoms. The first kappa shape index (κ1) is 39.1. The molecule has 3 aliphatic heterocycles. The van der Waals surface area contributed by atoms with E-state index in [1.165, 1.54) is 19.1 Å². The molecule has 2 saturated heterocycles. The summed E-state index contributed by atoms with van der Waals surface area (Å²) in [6.45, 7) is 5.85. The number of esters is 1. The van der Waals surface area contributed by atoms with E-state index in [1.807, 2.05) is 13.0 Å². The highest BCUT2D eigenvalue weighted by atomic mass is 35.5. The minimum Gasteiger partial charge on any atom is -0.495 e. The second-order valence-corrected chi connectivity index (χ2v) is 13.6. The van der Waals surface area contributed by atoms with E-state index in [9.17, 15) is 24.3 Å². The second-order valence-electron chi connectivity index (χ2n) is 13.3. The molecule has 15 heteroatoms. The number of aliphatic hydroxyl groups is 1. The number of carbonyl (C=O) groups excluding carboxylic acids is 4. The van der Waals surface area contributed by atoms with Gasteiger partial charge in [0.2, 0.25) is 11.8 Å². The minimum atomic E-state index is -1.81. The number of ether oxygens (including phenoxy) is 5. The number of hydrogen-bond acceptors (Lipinski definition) is 11. The average molecular weight is 721 g/mol. The van der Waals surface area contributed by atoms with E-state index in [-0.39, 0.29) is 43.2 Å². The molecular weight excluding hydrogens is 672 g/mol. The lowest BCUT2D eigenvalue weighted by Crippen LogP contribution is -2.63. The standard InChI is InChI=1S/C35H49ClN4O10/c1-20-9-7-10-26(47-6)35(45)19-25(48-33(44)39-35)21(2)32-34(3,50-32)27(49-30(43)12-14-38-28(41)11-8-13-37)18-29(42)40(4)23-16-22(15-20)17-24(46-5)31(23)36/h7,9-10,16-17,21,25-27,32,45H,8,11-15,18-19,37H2,1-6H3,(H,38,41)(H,39,44)/b10-7+,20-9+. The van der Waals surface area contributed by atoms with Crippen molar-refractivity contribution in [2.75, 3.05) is 39.3 Å². The number of hydrogen-bond donors (Lipinski definition) is 4. The van der Waals surface area contributed by atoms with Crippen LogP contribution in [0.4, 0.5) is 10.5 Å². The topological polar surface area (TPSA) is 191 Å². The van der Waals surface area contributed by atoms with Crippen molar-refractivity contribution in [1.29, 1.82) is 0 Å². The van der Waals surface area contributed by atoms with Gasteiger partial charge >= 0.3 is 12.1 Å². The van der Waals surface area contributed by atoms with Crippen LogP contribution in [0.15, 0.2) is 35.9 Å². The molecule has 0 radical (unpaired) electrons. The molecular formula is C35H49ClN4O10. The molecule has 7 unspecified atom stereocenters. The summed E-state index contributed by atoms with van der Waals surface area (Å²) in [5, 5.41) is 17.1. The van der Waals surface area contributed by atoms with Gasteiger partial charge in [0.15, 0.2) is 5.72 Å². The van der Waals surface area contributed by atoms with Crippen molar-refractivity contribution in [2.24, 2.45) is 11.7 Å². The lowest BCUT2D eigenvalue weighted by molar-refractivity contribution is -0.153. The van der Waals surface area contributed by atoms with Gasteiger partial charge in [0.05, 0.1) is 31.7 Å². The maximum atomic E-state index is 14.0. The zero-order valence-electron chi connectivity index (χ0n) is 29.5. The third-order valence-electron chi connectivity index (χ3n) is 9.48. The first-order chi connectivity index (χ1) is 23.6. The van der Waals surface area contributed by atoms with E-state index in [1.54, 1.807) is 45.2 Å². The third-order valence-corrected chi connectivity index (χ3v) is 9.86. The molecule has 1 aromatic carbocycles. The number of alkyl carbamates (subject to hydrolysis) is 1. The number of rotatable bonds is 9. The molecule has 4 rings (SSSR count). The molecule has 276 valence electrons. The van der Waals surface area contributed by atoms with E-state index < -0.39 is 59.6 Å². The van der Waals surface area contributed by atoms with E-state index in [4.69, 9.17) is 41.0 Å². The van der Waals surface area contributed by atoms with Gasteiger partial charge in [0.1, 0.15) is 34.7 Å². The summed E-state index contributed by atoms with van der Waals surface area (Å²) in [6, 6.07) is 3.58. The highest BCUT2D eigenvalue weighted by molar-refractivity contribution is 6.35. The number of anilines is 1. The predicted molar refractivity (Wildman–Crippen MR) is 185 cm³/mol. The van der Waals surface area contributed by atoms with Crippen LogP contribution in [0.5, 0.6) is 5.75 Å². The number of nitrogens with zero attached hydrogens (tertiary/aromatic N) is 1. The normalized spacial score (nSPS) is 31.7. The van der Waals surface area contributed by atoms with Crippen LogP contribution in [-0.2, 0) is 39.8 Å². The zero-order valence-corrected chi connectivity index (χ0v) is 30.2. The van der Waals surface area contributed by atoms with Crippen molar-refractivity contribution in [1.82, 2.24) is 10.6 Å². The van der Waals surface area contributed by atoms with Crippen molar-refractivity contribution in [3.63, 3.8) is 0 Å². The van der Waals surface area contributed by atoms with Gasteiger partial charge in [0, 0.05) is 39.5 Å². The fourth-order valence-corrected chi connectivity index (χ4v) is 6.79. The Labute approximate surface area is 297 Å². The number of fused-ring (bicyclic) bond motifs is 5. The van der Waals surface area contributed by atoms with Gasteiger partial charge in [-0.2, -0.15) is 0 Å². The molecule has 14 nitrogen and oxygen atoms in total. The van der Waals surface area contributed by atoms with Crippen LogP contribution < -0.4 is 26.0 Å². The summed E-state index contributed by atoms with van der Waals surface area (Å²) in [5.74, 6) is -1.43. The van der Waals surface area contributed by atoms with Crippen molar-refractivity contribution in [3.8, 4) is 5.75 Å². The van der Waals surface area contributed by atoms with Crippen LogP contribution in [0, 0.1) is 5.92 Å². The Bertz CT molecular complexity index is 1500. The van der Waals surface area contributed by atoms with Gasteiger partial charge in [-0.3, -0.25) is 19.7 Å². The quantitative estimate of drug-likeness (QED) is 0.217. The maximum Gasteiger partial charge on any atom is 0.409 e. The van der Waals surface area contributed by atoms with Crippen molar-refractivity contribution < 1.29 is 48.0 Å². The molecule has 0 saturated carbocycles. The van der Waals surface area contributed by atoms with Crippen molar-refractivity contribution >= 4 is 41.2 Å². The fraction of sp³-hybridized carbons (Fsp3) is 0.600. The van der Waals surface area contributed by atoms with Crippen LogP contribution in [0.25, 0.3) is 0 Å². The summed E-state index contributed by atoms with van der Waals surface area (Å²) >= 11 is 6.71. The van der Waals surface area contributed by atoms with Gasteiger partial charge in [-0.15, -0.1) is 0 Å². The number of nitrogens with two attached hydrogens (primary N) is 1. The summed E-state index contributed by atoms with van der Waals surface area (Å²) in [4.78, 5) is 53.3. The Kier molecular flexibility index (Phi) is 12.9. The fourth-order valence-electron chi connectivity index (χ4n) is 6.48. The molecule has 3 amide bonds. The Morgan fingerprint density at radius 3 is 2.66 bits per heavy atom. The average Bonchev–Trinajstić information content (AvgIpc) is 3.76. The van der Waals surface area contributed by atoms with Crippen molar-refractivity contribution in [3.05, 3.63) is 46.5 Å². The molecule has 50 heavy (non-hydrogen) atoms. The number of carbonyl (C=O) groups is 4. The SMILES string of the molecule is COc1cc2cc(c1Cl)N(C)C(=O)CC(OC(=O)CCNC(=O)CCCN)C1(C)OC1C(C)C1CC(O)(NC(=O)O1)C(OC)/C=C/C=C(\C)C2. The third kappa shape index (κ3) is 9.15. The first-order valence-corrected chi connectivity index (χ1v) is 17.1. The summed E-state index contributed by atoms with van der Waals surface area (Å²) in [5.41, 5.74) is 4.63. The lowest BCUT2D eigenvalue weighted by atomic mass is 9.83. The monoisotopic (exact) mass is 720 g/mol. The molecule has 0 aromatic heterocycles. The molecule has 3 aliphatic rings. The summed E-state index contributed by atoms with van der Waals surface area (Å²) < 4.78 is 28.9. The number of epoxide rings is 1. The molecule has 0 aliphatic carbocycles. The number of amides is 3. The van der Waals surface area contributed by atoms with Crippen molar-refractivity contribution in [2.45, 2.75) is 95.0 Å².